The van der Waals surface area contributed by atoms with Gasteiger partial charge in [0, 0.05) is 11.0 Å². The maximum Gasteiger partial charge on any atom is 0.254 e. The molecule has 1 heterocycles. The molecule has 0 fully saturated rings. The normalized spacial score (nSPS) is 12.9. The molecule has 84 valence electrons. The minimum Gasteiger partial charge on any atom is -0.313 e. The van der Waals surface area contributed by atoms with Crippen molar-refractivity contribution in [3.8, 4) is 0 Å². The highest BCUT2D eigenvalue weighted by Gasteiger charge is 2.28. The van der Waals surface area contributed by atoms with Crippen LogP contribution >= 0.6 is 0 Å². The highest BCUT2D eigenvalue weighted by Crippen LogP contribution is 2.29. The number of H-pyrrole nitrogens is 1. The van der Waals surface area contributed by atoms with Gasteiger partial charge in [0.1, 0.15) is 0 Å². The van der Waals surface area contributed by atoms with Gasteiger partial charge in [0.2, 0.25) is 0 Å². The average molecular weight is 208 g/mol. The van der Waals surface area contributed by atoms with Crippen LogP contribution in [0.1, 0.15) is 52.8 Å². The Morgan fingerprint density at radius 3 is 1.93 bits per heavy atom. The minimum atomic E-state index is -0.176. The molecule has 0 atom stereocenters. The molecule has 0 bridgehead atoms. The second kappa shape index (κ2) is 3.47. The third-order valence-electron chi connectivity index (χ3n) is 2.31. The van der Waals surface area contributed by atoms with Crippen molar-refractivity contribution in [2.24, 2.45) is 0 Å². The summed E-state index contributed by atoms with van der Waals surface area (Å²) >= 11 is 0. The summed E-state index contributed by atoms with van der Waals surface area (Å²) in [6, 6.07) is 0. The largest absolute Gasteiger partial charge is 0.313 e. The quantitative estimate of drug-likeness (QED) is 0.711. The van der Waals surface area contributed by atoms with Crippen LogP contribution in [0.3, 0.4) is 0 Å². The molecular formula is C12H20N2O. The molecule has 0 aliphatic rings. The van der Waals surface area contributed by atoms with Crippen molar-refractivity contribution < 1.29 is 0 Å². The number of hydrogen-bond acceptors (Lipinski definition) is 2. The van der Waals surface area contributed by atoms with Gasteiger partial charge in [-0.05, 0) is 5.41 Å². The van der Waals surface area contributed by atoms with E-state index in [4.69, 9.17) is 0 Å². The van der Waals surface area contributed by atoms with Gasteiger partial charge in [-0.15, -0.1) is 0 Å². The second-order valence-electron chi connectivity index (χ2n) is 5.96. The molecule has 15 heavy (non-hydrogen) atoms. The van der Waals surface area contributed by atoms with Crippen molar-refractivity contribution >= 4 is 0 Å². The fraction of sp³-hybridized carbons (Fsp3) is 0.667. The second-order valence-corrected chi connectivity index (χ2v) is 5.96. The van der Waals surface area contributed by atoms with Crippen LogP contribution in [0.2, 0.25) is 0 Å². The molecule has 0 spiro atoms. The lowest BCUT2D eigenvalue weighted by Gasteiger charge is -2.27. The van der Waals surface area contributed by atoms with E-state index in [1.807, 2.05) is 20.8 Å². The lowest BCUT2D eigenvalue weighted by Crippen LogP contribution is -2.32. The van der Waals surface area contributed by atoms with Crippen LogP contribution in [-0.4, -0.2) is 9.97 Å². The molecule has 0 amide bonds. The van der Waals surface area contributed by atoms with E-state index in [2.05, 4.69) is 30.7 Å². The smallest absolute Gasteiger partial charge is 0.254 e. The zero-order chi connectivity index (χ0) is 11.9. The standard InChI is InChI=1S/C12H20N2O/c1-11(2,3)8-9(12(4,5)6)13-7-14-10(8)15/h7H,1-6H3,(H,13,14,15). The van der Waals surface area contributed by atoms with E-state index in [1.54, 1.807) is 0 Å². The van der Waals surface area contributed by atoms with Gasteiger partial charge in [0.15, 0.2) is 0 Å². The Kier molecular flexibility index (Phi) is 2.77. The third kappa shape index (κ3) is 2.46. The van der Waals surface area contributed by atoms with Crippen molar-refractivity contribution in [2.45, 2.75) is 52.4 Å². The Morgan fingerprint density at radius 2 is 1.60 bits per heavy atom. The number of hydrogen-bond donors (Lipinski definition) is 1. The predicted octanol–water partition coefficient (Wildman–Crippen LogP) is 2.36. The molecule has 1 rings (SSSR count). The van der Waals surface area contributed by atoms with Gasteiger partial charge in [-0.3, -0.25) is 4.79 Å². The summed E-state index contributed by atoms with van der Waals surface area (Å²) < 4.78 is 0. The van der Waals surface area contributed by atoms with Gasteiger partial charge in [0.25, 0.3) is 5.56 Å². The highest BCUT2D eigenvalue weighted by atomic mass is 16.1. The van der Waals surface area contributed by atoms with E-state index in [-0.39, 0.29) is 16.4 Å². The first kappa shape index (κ1) is 12.0. The topological polar surface area (TPSA) is 45.8 Å². The lowest BCUT2D eigenvalue weighted by atomic mass is 9.79. The van der Waals surface area contributed by atoms with Gasteiger partial charge in [-0.25, -0.2) is 4.98 Å². The van der Waals surface area contributed by atoms with E-state index < -0.39 is 0 Å². The van der Waals surface area contributed by atoms with Crippen LogP contribution in [0, 0.1) is 0 Å². The van der Waals surface area contributed by atoms with Gasteiger partial charge < -0.3 is 4.98 Å². The Balaban J connectivity index is 3.55. The van der Waals surface area contributed by atoms with Gasteiger partial charge >= 0.3 is 0 Å². The van der Waals surface area contributed by atoms with Gasteiger partial charge in [0.05, 0.1) is 12.0 Å². The van der Waals surface area contributed by atoms with Crippen LogP contribution in [0.15, 0.2) is 11.1 Å². The van der Waals surface area contributed by atoms with Gasteiger partial charge in [-0.1, -0.05) is 41.5 Å². The first-order chi connectivity index (χ1) is 6.64. The van der Waals surface area contributed by atoms with Crippen LogP contribution in [0.4, 0.5) is 0 Å². The highest BCUT2D eigenvalue weighted by molar-refractivity contribution is 5.29. The van der Waals surface area contributed by atoms with Crippen molar-refractivity contribution in [2.75, 3.05) is 0 Å². The van der Waals surface area contributed by atoms with Crippen LogP contribution in [-0.2, 0) is 10.8 Å². The molecular weight excluding hydrogens is 188 g/mol. The fourth-order valence-electron chi connectivity index (χ4n) is 1.66. The molecule has 0 saturated heterocycles. The molecule has 0 aliphatic carbocycles. The molecule has 0 radical (unpaired) electrons. The fourth-order valence-corrected chi connectivity index (χ4v) is 1.66. The molecule has 1 aromatic rings. The lowest BCUT2D eigenvalue weighted by molar-refractivity contribution is 0.505. The Labute approximate surface area is 91.0 Å². The van der Waals surface area contributed by atoms with Crippen molar-refractivity contribution in [1.29, 1.82) is 0 Å². The Bertz CT molecular complexity index is 405. The average Bonchev–Trinajstić information content (AvgIpc) is 1.99. The Hall–Kier alpha value is -1.12. The zero-order valence-corrected chi connectivity index (χ0v) is 10.4. The molecule has 1 N–H and O–H groups in total. The van der Waals surface area contributed by atoms with E-state index in [1.165, 1.54) is 6.33 Å². The zero-order valence-electron chi connectivity index (χ0n) is 10.4. The summed E-state index contributed by atoms with van der Waals surface area (Å²) in [5.74, 6) is 0. The van der Waals surface area contributed by atoms with E-state index in [9.17, 15) is 4.79 Å². The van der Waals surface area contributed by atoms with Crippen LogP contribution in [0.5, 0.6) is 0 Å². The van der Waals surface area contributed by atoms with E-state index >= 15 is 0 Å². The third-order valence-corrected chi connectivity index (χ3v) is 2.31. The summed E-state index contributed by atoms with van der Waals surface area (Å²) in [4.78, 5) is 18.8. The van der Waals surface area contributed by atoms with Crippen molar-refractivity contribution in [3.63, 3.8) is 0 Å². The molecule has 3 nitrogen and oxygen atoms in total. The van der Waals surface area contributed by atoms with E-state index in [0.29, 0.717) is 0 Å². The molecule has 0 aliphatic heterocycles. The Morgan fingerprint density at radius 1 is 1.07 bits per heavy atom. The minimum absolute atomic E-state index is 0.0255. The number of aromatic amines is 1. The molecule has 0 aromatic carbocycles. The summed E-state index contributed by atoms with van der Waals surface area (Å²) in [7, 11) is 0. The summed E-state index contributed by atoms with van der Waals surface area (Å²) in [5, 5.41) is 0. The summed E-state index contributed by atoms with van der Waals surface area (Å²) in [6.45, 7) is 12.3. The first-order valence-electron chi connectivity index (χ1n) is 5.22. The molecule has 0 saturated carbocycles. The maximum atomic E-state index is 11.8. The van der Waals surface area contributed by atoms with Crippen molar-refractivity contribution in [1.82, 2.24) is 9.97 Å². The SMILES string of the molecule is CC(C)(C)c1nc[nH]c(=O)c1C(C)(C)C. The van der Waals surface area contributed by atoms with Crippen LogP contribution in [0.25, 0.3) is 0 Å². The van der Waals surface area contributed by atoms with Gasteiger partial charge in [-0.2, -0.15) is 0 Å². The predicted molar refractivity (Wildman–Crippen MR) is 62.3 cm³/mol. The first-order valence-corrected chi connectivity index (χ1v) is 5.22. The molecule has 3 heteroatoms. The molecule has 0 unspecified atom stereocenters. The number of nitrogens with zero attached hydrogens (tertiary/aromatic N) is 1. The summed E-state index contributed by atoms with van der Waals surface area (Å²) in [5.41, 5.74) is 1.38. The monoisotopic (exact) mass is 208 g/mol. The number of nitrogens with one attached hydrogen (secondary N) is 1. The molecule has 1 aromatic heterocycles. The van der Waals surface area contributed by atoms with E-state index in [0.717, 1.165) is 11.3 Å². The summed E-state index contributed by atoms with van der Waals surface area (Å²) in [6.07, 6.45) is 1.48. The van der Waals surface area contributed by atoms with Crippen LogP contribution < -0.4 is 5.56 Å². The van der Waals surface area contributed by atoms with Crippen molar-refractivity contribution in [3.05, 3.63) is 27.9 Å². The maximum absolute atomic E-state index is 11.8. The number of rotatable bonds is 0. The number of aromatic nitrogens is 2.